The van der Waals surface area contributed by atoms with Crippen LogP contribution in [0.4, 0.5) is 17.3 Å². The average Bonchev–Trinajstić information content (AvgIpc) is 2.49. The molecule has 0 aliphatic rings. The molecule has 0 saturated heterocycles. The average molecular weight is 281 g/mol. The summed E-state index contributed by atoms with van der Waals surface area (Å²) in [6.45, 7) is 6.10. The van der Waals surface area contributed by atoms with Crippen molar-refractivity contribution < 1.29 is 0 Å². The molecule has 0 spiro atoms. The number of hydrogen-bond donors (Lipinski definition) is 2. The fraction of sp³-hybridized carbons (Fsp3) is 0.312. The molecule has 0 aliphatic carbocycles. The molecule has 21 heavy (non-hydrogen) atoms. The van der Waals surface area contributed by atoms with Crippen LogP contribution in [0.5, 0.6) is 0 Å². The molecular formula is C16H19N5. The number of nitrogens with one attached hydrogen (secondary N) is 2. The van der Waals surface area contributed by atoms with Gasteiger partial charge in [0.15, 0.2) is 0 Å². The quantitative estimate of drug-likeness (QED) is 0.896. The summed E-state index contributed by atoms with van der Waals surface area (Å²) in [5.41, 5.74) is 2.56. The molecule has 0 amide bonds. The van der Waals surface area contributed by atoms with Crippen molar-refractivity contribution in [2.24, 2.45) is 0 Å². The zero-order valence-electron chi connectivity index (χ0n) is 12.7. The Morgan fingerprint density at radius 2 is 1.86 bits per heavy atom. The van der Waals surface area contributed by atoms with Crippen molar-refractivity contribution in [1.29, 1.82) is 5.26 Å². The van der Waals surface area contributed by atoms with Crippen LogP contribution < -0.4 is 10.6 Å². The molecule has 0 atom stereocenters. The number of benzene rings is 1. The van der Waals surface area contributed by atoms with Crippen molar-refractivity contribution in [2.45, 2.75) is 26.7 Å². The molecule has 0 saturated carbocycles. The number of anilines is 3. The molecule has 5 nitrogen and oxygen atoms in total. The van der Waals surface area contributed by atoms with Crippen LogP contribution in [0.25, 0.3) is 0 Å². The van der Waals surface area contributed by atoms with Gasteiger partial charge in [-0.05, 0) is 24.6 Å². The maximum Gasteiger partial charge on any atom is 0.136 e. The number of aromatic nitrogens is 2. The van der Waals surface area contributed by atoms with Gasteiger partial charge in [0.1, 0.15) is 17.5 Å². The Balaban J connectivity index is 2.39. The van der Waals surface area contributed by atoms with E-state index in [-0.39, 0.29) is 5.92 Å². The van der Waals surface area contributed by atoms with Crippen LogP contribution in [0, 0.1) is 18.3 Å². The summed E-state index contributed by atoms with van der Waals surface area (Å²) in [5, 5.41) is 15.3. The molecule has 1 aromatic carbocycles. The summed E-state index contributed by atoms with van der Waals surface area (Å²) in [6, 6.07) is 9.55. The van der Waals surface area contributed by atoms with Crippen molar-refractivity contribution >= 4 is 17.3 Å². The summed E-state index contributed by atoms with van der Waals surface area (Å²) in [4.78, 5) is 8.96. The van der Waals surface area contributed by atoms with Gasteiger partial charge < -0.3 is 10.6 Å². The Hall–Kier alpha value is -2.61. The van der Waals surface area contributed by atoms with Crippen LogP contribution in [0.3, 0.4) is 0 Å². The molecule has 108 valence electrons. The highest BCUT2D eigenvalue weighted by Crippen LogP contribution is 2.23. The molecule has 5 heteroatoms. The molecule has 2 N–H and O–H groups in total. The third-order valence-corrected chi connectivity index (χ3v) is 3.15. The predicted octanol–water partition coefficient (Wildman–Crippen LogP) is 3.57. The fourth-order valence-corrected chi connectivity index (χ4v) is 1.88. The smallest absolute Gasteiger partial charge is 0.136 e. The first kappa shape index (κ1) is 14.8. The number of hydrogen-bond acceptors (Lipinski definition) is 5. The van der Waals surface area contributed by atoms with Crippen molar-refractivity contribution in [3.8, 4) is 6.07 Å². The van der Waals surface area contributed by atoms with E-state index in [9.17, 15) is 0 Å². The summed E-state index contributed by atoms with van der Waals surface area (Å²) in [7, 11) is 1.83. The third-order valence-electron chi connectivity index (χ3n) is 3.15. The molecule has 0 radical (unpaired) electrons. The Kier molecular flexibility index (Phi) is 4.39. The third kappa shape index (κ3) is 3.48. The molecule has 2 aromatic rings. The van der Waals surface area contributed by atoms with Crippen molar-refractivity contribution in [1.82, 2.24) is 9.97 Å². The van der Waals surface area contributed by atoms with Gasteiger partial charge in [-0.2, -0.15) is 5.26 Å². The maximum absolute atomic E-state index is 9.00. The number of nitrogens with zero attached hydrogens (tertiary/aromatic N) is 3. The molecule has 0 bridgehead atoms. The monoisotopic (exact) mass is 281 g/mol. The van der Waals surface area contributed by atoms with Crippen LogP contribution in [0.2, 0.25) is 0 Å². The second-order valence-electron chi connectivity index (χ2n) is 5.17. The Morgan fingerprint density at radius 3 is 2.48 bits per heavy atom. The first-order chi connectivity index (χ1) is 10.0. The first-order valence-corrected chi connectivity index (χ1v) is 6.88. The largest absolute Gasteiger partial charge is 0.373 e. The topological polar surface area (TPSA) is 73.6 Å². The van der Waals surface area contributed by atoms with Gasteiger partial charge in [0.2, 0.25) is 0 Å². The number of aryl methyl sites for hydroxylation is 1. The highest BCUT2D eigenvalue weighted by atomic mass is 15.1. The Labute approximate surface area is 125 Å². The van der Waals surface area contributed by atoms with Gasteiger partial charge in [0, 0.05) is 24.7 Å². The number of nitriles is 1. The van der Waals surface area contributed by atoms with Gasteiger partial charge in [0.05, 0.1) is 11.6 Å². The van der Waals surface area contributed by atoms with E-state index >= 15 is 0 Å². The highest BCUT2D eigenvalue weighted by molar-refractivity contribution is 5.64. The lowest BCUT2D eigenvalue weighted by molar-refractivity contribution is 0.778. The predicted molar refractivity (Wildman–Crippen MR) is 84.8 cm³/mol. The zero-order valence-corrected chi connectivity index (χ0v) is 12.7. The second-order valence-corrected chi connectivity index (χ2v) is 5.17. The number of rotatable bonds is 4. The molecule has 1 heterocycles. The van der Waals surface area contributed by atoms with Gasteiger partial charge in [-0.3, -0.25) is 0 Å². The SMILES string of the molecule is CNc1cc(Nc2cc(C#N)ccc2C)nc(C(C)C)n1. The summed E-state index contributed by atoms with van der Waals surface area (Å²) in [6.07, 6.45) is 0. The lowest BCUT2D eigenvalue weighted by atomic mass is 10.1. The molecule has 0 unspecified atom stereocenters. The van der Waals surface area contributed by atoms with Gasteiger partial charge in [-0.15, -0.1) is 0 Å². The zero-order chi connectivity index (χ0) is 15.4. The van der Waals surface area contributed by atoms with E-state index in [0.717, 1.165) is 28.7 Å². The van der Waals surface area contributed by atoms with Crippen LogP contribution in [-0.2, 0) is 0 Å². The van der Waals surface area contributed by atoms with Gasteiger partial charge in [-0.25, -0.2) is 9.97 Å². The van der Waals surface area contributed by atoms with Gasteiger partial charge in [-0.1, -0.05) is 19.9 Å². The summed E-state index contributed by atoms with van der Waals surface area (Å²) >= 11 is 0. The Morgan fingerprint density at radius 1 is 1.14 bits per heavy atom. The fourth-order valence-electron chi connectivity index (χ4n) is 1.88. The lowest BCUT2D eigenvalue weighted by Gasteiger charge is -2.13. The molecule has 1 aromatic heterocycles. The normalized spacial score (nSPS) is 10.3. The molecule has 0 aliphatic heterocycles. The van der Waals surface area contributed by atoms with E-state index in [1.165, 1.54) is 0 Å². The minimum atomic E-state index is 0.241. The van der Waals surface area contributed by atoms with Crippen molar-refractivity contribution in [2.75, 3.05) is 17.7 Å². The van der Waals surface area contributed by atoms with E-state index in [1.807, 2.05) is 32.2 Å². The maximum atomic E-state index is 9.00. The van der Waals surface area contributed by atoms with E-state index in [0.29, 0.717) is 5.56 Å². The lowest BCUT2D eigenvalue weighted by Crippen LogP contribution is -2.05. The minimum Gasteiger partial charge on any atom is -0.373 e. The van der Waals surface area contributed by atoms with Gasteiger partial charge in [0.25, 0.3) is 0 Å². The summed E-state index contributed by atoms with van der Waals surface area (Å²) in [5.74, 6) is 2.50. The molecule has 0 fully saturated rings. The van der Waals surface area contributed by atoms with Crippen molar-refractivity contribution in [3.05, 3.63) is 41.2 Å². The van der Waals surface area contributed by atoms with E-state index in [1.54, 1.807) is 6.07 Å². The second kappa shape index (κ2) is 6.23. The van der Waals surface area contributed by atoms with Crippen LogP contribution in [0.1, 0.15) is 36.7 Å². The van der Waals surface area contributed by atoms with Crippen LogP contribution >= 0.6 is 0 Å². The van der Waals surface area contributed by atoms with Crippen molar-refractivity contribution in [3.63, 3.8) is 0 Å². The highest BCUT2D eigenvalue weighted by Gasteiger charge is 2.09. The minimum absolute atomic E-state index is 0.241. The standard InChI is InChI=1S/C16H19N5/c1-10(2)16-20-14(18-4)8-15(21-16)19-13-7-12(9-17)6-5-11(13)3/h5-8,10H,1-4H3,(H2,18,19,20,21). The van der Waals surface area contributed by atoms with Gasteiger partial charge >= 0.3 is 0 Å². The molecular weight excluding hydrogens is 262 g/mol. The Bertz CT molecular complexity index is 686. The first-order valence-electron chi connectivity index (χ1n) is 6.88. The van der Waals surface area contributed by atoms with Crippen LogP contribution in [0.15, 0.2) is 24.3 Å². The summed E-state index contributed by atoms with van der Waals surface area (Å²) < 4.78 is 0. The van der Waals surface area contributed by atoms with E-state index in [4.69, 9.17) is 5.26 Å². The van der Waals surface area contributed by atoms with E-state index < -0.39 is 0 Å². The molecule has 2 rings (SSSR count). The van der Waals surface area contributed by atoms with E-state index in [2.05, 4.69) is 40.5 Å². The van der Waals surface area contributed by atoms with Crippen LogP contribution in [-0.4, -0.2) is 17.0 Å².